The number of hydrogen-bond acceptors (Lipinski definition) is 5. The molecule has 1 saturated heterocycles. The van der Waals surface area contributed by atoms with Gasteiger partial charge in [-0.25, -0.2) is 0 Å². The molecule has 18 heavy (non-hydrogen) atoms. The highest BCUT2D eigenvalue weighted by Gasteiger charge is 2.14. The maximum absolute atomic E-state index is 9.66. The van der Waals surface area contributed by atoms with Crippen LogP contribution in [0.4, 0.5) is 0 Å². The Labute approximate surface area is 111 Å². The molecule has 1 unspecified atom stereocenters. The van der Waals surface area contributed by atoms with Gasteiger partial charge in [0, 0.05) is 23.9 Å². The highest BCUT2D eigenvalue weighted by Crippen LogP contribution is 2.36. The molecule has 0 bridgehead atoms. The summed E-state index contributed by atoms with van der Waals surface area (Å²) >= 11 is 1.99. The summed E-state index contributed by atoms with van der Waals surface area (Å²) in [5.74, 6) is 0.261. The third kappa shape index (κ3) is 3.23. The van der Waals surface area contributed by atoms with Crippen molar-refractivity contribution in [3.8, 4) is 17.2 Å². The zero-order valence-corrected chi connectivity index (χ0v) is 11.0. The van der Waals surface area contributed by atoms with Crippen LogP contribution in [0.2, 0.25) is 0 Å². The van der Waals surface area contributed by atoms with Gasteiger partial charge >= 0.3 is 0 Å². The lowest BCUT2D eigenvalue weighted by atomic mass is 10.1. The van der Waals surface area contributed by atoms with Gasteiger partial charge in [-0.2, -0.15) is 11.8 Å². The number of aromatic hydroxyl groups is 3. The van der Waals surface area contributed by atoms with Crippen molar-refractivity contribution in [2.45, 2.75) is 31.1 Å². The number of rotatable bonds is 4. The second-order valence-corrected chi connectivity index (χ2v) is 5.97. The maximum atomic E-state index is 9.66. The second-order valence-electron chi connectivity index (χ2n) is 4.56. The lowest BCUT2D eigenvalue weighted by Crippen LogP contribution is -2.26. The van der Waals surface area contributed by atoms with Crippen LogP contribution < -0.4 is 5.32 Å². The first-order valence-corrected chi connectivity index (χ1v) is 7.28. The topological polar surface area (TPSA) is 72.7 Å². The van der Waals surface area contributed by atoms with E-state index in [-0.39, 0.29) is 11.5 Å². The van der Waals surface area contributed by atoms with E-state index in [1.165, 1.54) is 31.1 Å². The van der Waals surface area contributed by atoms with Crippen LogP contribution in [-0.4, -0.2) is 32.9 Å². The molecule has 0 aliphatic carbocycles. The molecule has 5 heteroatoms. The molecule has 0 saturated carbocycles. The van der Waals surface area contributed by atoms with Crippen LogP contribution in [0.1, 0.15) is 24.8 Å². The minimum atomic E-state index is -0.443. The largest absolute Gasteiger partial charge is 0.504 e. The van der Waals surface area contributed by atoms with E-state index in [0.717, 1.165) is 6.54 Å². The standard InChI is InChI=1S/C13H19NO3S/c15-11-5-4-9(12(16)13(11)17)7-14-8-10-3-1-2-6-18-10/h4-5,10,14-17H,1-3,6-8H2. The molecule has 1 atom stereocenters. The predicted molar refractivity (Wildman–Crippen MR) is 73.2 cm³/mol. The van der Waals surface area contributed by atoms with E-state index in [4.69, 9.17) is 0 Å². The van der Waals surface area contributed by atoms with E-state index in [2.05, 4.69) is 5.32 Å². The summed E-state index contributed by atoms with van der Waals surface area (Å²) in [5, 5.41) is 32.2. The summed E-state index contributed by atoms with van der Waals surface area (Å²) in [7, 11) is 0. The molecule has 4 N–H and O–H groups in total. The summed E-state index contributed by atoms with van der Waals surface area (Å²) in [4.78, 5) is 0. The van der Waals surface area contributed by atoms with Gasteiger partial charge in [0.2, 0.25) is 5.75 Å². The molecule has 100 valence electrons. The van der Waals surface area contributed by atoms with Gasteiger partial charge in [-0.05, 0) is 24.7 Å². The number of phenolic OH excluding ortho intramolecular Hbond substituents is 3. The molecule has 1 aromatic carbocycles. The van der Waals surface area contributed by atoms with Crippen molar-refractivity contribution in [3.63, 3.8) is 0 Å². The Morgan fingerprint density at radius 1 is 1.17 bits per heavy atom. The number of nitrogens with one attached hydrogen (secondary N) is 1. The lowest BCUT2D eigenvalue weighted by molar-refractivity contribution is 0.364. The van der Waals surface area contributed by atoms with E-state index in [1.807, 2.05) is 11.8 Å². The highest BCUT2D eigenvalue weighted by atomic mass is 32.2. The Balaban J connectivity index is 1.84. The molecule has 1 aromatic rings. The minimum Gasteiger partial charge on any atom is -0.504 e. The molecule has 1 heterocycles. The van der Waals surface area contributed by atoms with Gasteiger partial charge in [-0.3, -0.25) is 0 Å². The number of benzene rings is 1. The monoisotopic (exact) mass is 269 g/mol. The molecule has 0 amide bonds. The first kappa shape index (κ1) is 13.4. The van der Waals surface area contributed by atoms with Crippen LogP contribution in [0.15, 0.2) is 12.1 Å². The maximum Gasteiger partial charge on any atom is 0.200 e. The molecular weight excluding hydrogens is 250 g/mol. The van der Waals surface area contributed by atoms with E-state index in [1.54, 1.807) is 6.07 Å². The molecule has 1 fully saturated rings. The average Bonchev–Trinajstić information content (AvgIpc) is 2.40. The van der Waals surface area contributed by atoms with Crippen LogP contribution in [0, 0.1) is 0 Å². The number of phenols is 3. The molecule has 0 aromatic heterocycles. The number of hydrogen-bond donors (Lipinski definition) is 4. The fraction of sp³-hybridized carbons (Fsp3) is 0.538. The van der Waals surface area contributed by atoms with E-state index >= 15 is 0 Å². The third-order valence-corrected chi connectivity index (χ3v) is 4.57. The molecule has 1 aliphatic heterocycles. The molecule has 0 radical (unpaired) electrons. The van der Waals surface area contributed by atoms with Crippen LogP contribution in [0.5, 0.6) is 17.2 Å². The van der Waals surface area contributed by atoms with E-state index in [0.29, 0.717) is 17.4 Å². The Morgan fingerprint density at radius 2 is 2.00 bits per heavy atom. The molecule has 1 aliphatic rings. The summed E-state index contributed by atoms with van der Waals surface area (Å²) < 4.78 is 0. The fourth-order valence-electron chi connectivity index (χ4n) is 2.09. The van der Waals surface area contributed by atoms with E-state index in [9.17, 15) is 15.3 Å². The Kier molecular flexibility index (Phi) is 4.60. The average molecular weight is 269 g/mol. The first-order chi connectivity index (χ1) is 8.68. The highest BCUT2D eigenvalue weighted by molar-refractivity contribution is 7.99. The van der Waals surface area contributed by atoms with Gasteiger partial charge in [-0.1, -0.05) is 12.5 Å². The quantitative estimate of drug-likeness (QED) is 0.631. The van der Waals surface area contributed by atoms with Gasteiger partial charge in [0.1, 0.15) is 0 Å². The van der Waals surface area contributed by atoms with Crippen LogP contribution in [-0.2, 0) is 6.54 Å². The fourth-order valence-corrected chi connectivity index (χ4v) is 3.36. The molecular formula is C13H19NO3S. The van der Waals surface area contributed by atoms with E-state index < -0.39 is 5.75 Å². The van der Waals surface area contributed by atoms with Gasteiger partial charge in [-0.15, -0.1) is 0 Å². The summed E-state index contributed by atoms with van der Waals surface area (Å²) in [6, 6.07) is 3.01. The van der Waals surface area contributed by atoms with Crippen LogP contribution in [0.25, 0.3) is 0 Å². The SMILES string of the molecule is Oc1ccc(CNCC2CCCCS2)c(O)c1O. The van der Waals surface area contributed by atoms with Gasteiger partial charge in [0.15, 0.2) is 11.5 Å². The predicted octanol–water partition coefficient (Wildman–Crippen LogP) is 2.18. The minimum absolute atomic E-state index is 0.237. The Hall–Kier alpha value is -1.07. The van der Waals surface area contributed by atoms with Crippen molar-refractivity contribution in [3.05, 3.63) is 17.7 Å². The summed E-state index contributed by atoms with van der Waals surface area (Å²) in [6.07, 6.45) is 3.85. The van der Waals surface area contributed by atoms with Gasteiger partial charge < -0.3 is 20.6 Å². The molecule has 4 nitrogen and oxygen atoms in total. The summed E-state index contributed by atoms with van der Waals surface area (Å²) in [6.45, 7) is 1.41. The number of thioether (sulfide) groups is 1. The van der Waals surface area contributed by atoms with Crippen molar-refractivity contribution in [2.24, 2.45) is 0 Å². The van der Waals surface area contributed by atoms with Crippen molar-refractivity contribution < 1.29 is 15.3 Å². The van der Waals surface area contributed by atoms with Crippen molar-refractivity contribution in [1.29, 1.82) is 0 Å². The molecule has 0 spiro atoms. The van der Waals surface area contributed by atoms with Crippen molar-refractivity contribution in [1.82, 2.24) is 5.32 Å². The Morgan fingerprint density at radius 3 is 2.72 bits per heavy atom. The zero-order chi connectivity index (χ0) is 13.0. The zero-order valence-electron chi connectivity index (χ0n) is 10.2. The van der Waals surface area contributed by atoms with Crippen LogP contribution >= 0.6 is 11.8 Å². The molecule has 2 rings (SSSR count). The van der Waals surface area contributed by atoms with Crippen molar-refractivity contribution >= 4 is 11.8 Å². The summed E-state index contributed by atoms with van der Waals surface area (Å²) in [5.41, 5.74) is 0.603. The van der Waals surface area contributed by atoms with Crippen molar-refractivity contribution in [2.75, 3.05) is 12.3 Å². The Bertz CT molecular complexity index is 405. The second kappa shape index (κ2) is 6.20. The first-order valence-electron chi connectivity index (χ1n) is 6.23. The smallest absolute Gasteiger partial charge is 0.200 e. The third-order valence-electron chi connectivity index (χ3n) is 3.17. The van der Waals surface area contributed by atoms with Gasteiger partial charge in [0.05, 0.1) is 0 Å². The van der Waals surface area contributed by atoms with Gasteiger partial charge in [0.25, 0.3) is 0 Å². The normalized spacial score (nSPS) is 19.9. The van der Waals surface area contributed by atoms with Crippen LogP contribution in [0.3, 0.4) is 0 Å². The lowest BCUT2D eigenvalue weighted by Gasteiger charge is -2.21.